The molecule has 1 heterocycles. The second-order valence-corrected chi connectivity index (χ2v) is 10.0. The molecule has 0 N–H and O–H groups in total. The summed E-state index contributed by atoms with van der Waals surface area (Å²) in [6.07, 6.45) is 4.81. The quantitative estimate of drug-likeness (QED) is 0.377. The number of aryl methyl sites for hydroxylation is 2. The van der Waals surface area contributed by atoms with E-state index in [1.165, 1.54) is 33.4 Å². The Hall–Kier alpha value is -3.22. The van der Waals surface area contributed by atoms with Crippen molar-refractivity contribution in [3.8, 4) is 6.07 Å². The van der Waals surface area contributed by atoms with Crippen LogP contribution in [0.5, 0.6) is 0 Å². The molecule has 1 fully saturated rings. The zero-order valence-corrected chi connectivity index (χ0v) is 20.6. The van der Waals surface area contributed by atoms with E-state index >= 15 is 0 Å². The highest BCUT2D eigenvalue weighted by atomic mass is 19.1. The topological polar surface area (TPSA) is 27.0 Å². The Bertz CT molecular complexity index is 1260. The zero-order chi connectivity index (χ0) is 24.2. The minimum Gasteiger partial charge on any atom is -0.303 e. The largest absolute Gasteiger partial charge is 0.303 e. The lowest BCUT2D eigenvalue weighted by Crippen LogP contribution is -2.47. The molecular formula is C32H33FN2. The van der Waals surface area contributed by atoms with Gasteiger partial charge in [0.1, 0.15) is 0 Å². The van der Waals surface area contributed by atoms with Crippen LogP contribution in [0.1, 0.15) is 58.2 Å². The molecule has 0 amide bonds. The molecule has 0 radical (unpaired) electrons. The second kappa shape index (κ2) is 10.6. The van der Waals surface area contributed by atoms with E-state index in [1.54, 1.807) is 0 Å². The van der Waals surface area contributed by atoms with E-state index in [2.05, 4.69) is 72.5 Å². The van der Waals surface area contributed by atoms with Crippen LogP contribution in [-0.4, -0.2) is 31.2 Å². The van der Waals surface area contributed by atoms with Gasteiger partial charge in [-0.1, -0.05) is 60.7 Å². The first-order valence-electron chi connectivity index (χ1n) is 12.9. The van der Waals surface area contributed by atoms with Crippen molar-refractivity contribution in [2.45, 2.75) is 39.0 Å². The number of hydrogen-bond donors (Lipinski definition) is 0. The van der Waals surface area contributed by atoms with Crippen LogP contribution in [0.4, 0.5) is 4.39 Å². The molecule has 0 saturated carbocycles. The number of nitriles is 1. The maximum atomic E-state index is 12.4. The summed E-state index contributed by atoms with van der Waals surface area (Å²) in [6.45, 7) is 4.94. The predicted octanol–water partition coefficient (Wildman–Crippen LogP) is 7.00. The first-order valence-corrected chi connectivity index (χ1v) is 12.9. The van der Waals surface area contributed by atoms with Gasteiger partial charge in [-0.3, -0.25) is 4.39 Å². The Morgan fingerprint density at radius 2 is 1.77 bits per heavy atom. The Labute approximate surface area is 208 Å². The molecular weight excluding hydrogens is 431 g/mol. The maximum absolute atomic E-state index is 12.4. The number of likely N-dealkylation sites (tertiary alicyclic amines) is 1. The third kappa shape index (κ3) is 4.95. The fourth-order valence-electron chi connectivity index (χ4n) is 5.88. The molecule has 1 aliphatic heterocycles. The number of alkyl halides is 1. The minimum atomic E-state index is -0.220. The van der Waals surface area contributed by atoms with Gasteiger partial charge >= 0.3 is 0 Å². The van der Waals surface area contributed by atoms with Gasteiger partial charge < -0.3 is 4.90 Å². The number of allylic oxidation sites excluding steroid dienone is 1. The van der Waals surface area contributed by atoms with Crippen LogP contribution in [0.15, 0.2) is 66.7 Å². The van der Waals surface area contributed by atoms with Crippen LogP contribution in [0, 0.1) is 24.2 Å². The van der Waals surface area contributed by atoms with Gasteiger partial charge in [-0.25, -0.2) is 0 Å². The number of halogens is 1. The Morgan fingerprint density at radius 1 is 0.971 bits per heavy atom. The third-order valence-corrected chi connectivity index (χ3v) is 7.56. The summed E-state index contributed by atoms with van der Waals surface area (Å²) in [6, 6.07) is 26.4. The zero-order valence-electron chi connectivity index (χ0n) is 20.6. The van der Waals surface area contributed by atoms with E-state index in [4.69, 9.17) is 0 Å². The average molecular weight is 465 g/mol. The Morgan fingerprint density at radius 3 is 2.54 bits per heavy atom. The highest BCUT2D eigenvalue weighted by molar-refractivity contribution is 6.01. The predicted molar refractivity (Wildman–Crippen MR) is 142 cm³/mol. The van der Waals surface area contributed by atoms with Crippen LogP contribution in [0.25, 0.3) is 11.1 Å². The molecule has 3 heteroatoms. The summed E-state index contributed by atoms with van der Waals surface area (Å²) < 4.78 is 12.4. The van der Waals surface area contributed by atoms with Crippen LogP contribution in [0.3, 0.4) is 0 Å². The molecule has 2 aliphatic rings. The molecule has 0 unspecified atom stereocenters. The highest BCUT2D eigenvalue weighted by Crippen LogP contribution is 2.41. The minimum absolute atomic E-state index is 0.220. The van der Waals surface area contributed by atoms with Crippen LogP contribution in [-0.2, 0) is 12.8 Å². The summed E-state index contributed by atoms with van der Waals surface area (Å²) in [7, 11) is 0. The van der Waals surface area contributed by atoms with Crippen molar-refractivity contribution in [1.29, 1.82) is 5.26 Å². The number of nitrogens with zero attached hydrogens (tertiary/aromatic N) is 2. The van der Waals surface area contributed by atoms with E-state index in [9.17, 15) is 9.65 Å². The molecule has 0 atom stereocenters. The van der Waals surface area contributed by atoms with Gasteiger partial charge in [-0.15, -0.1) is 0 Å². The van der Waals surface area contributed by atoms with Gasteiger partial charge in [-0.2, -0.15) is 5.26 Å². The van der Waals surface area contributed by atoms with Gasteiger partial charge in [0, 0.05) is 19.6 Å². The van der Waals surface area contributed by atoms with Crippen molar-refractivity contribution in [3.05, 3.63) is 106 Å². The van der Waals surface area contributed by atoms with Crippen molar-refractivity contribution >= 4 is 11.1 Å². The van der Waals surface area contributed by atoms with Crippen LogP contribution < -0.4 is 0 Å². The second-order valence-electron chi connectivity index (χ2n) is 10.0. The molecule has 1 saturated heterocycles. The summed E-state index contributed by atoms with van der Waals surface area (Å²) in [5, 5.41) is 9.92. The SMILES string of the molecule is Cc1cccc(C#N)c1C1=C(c2ccc(CC3CN(CCCF)C3)cc2)c2ccccc2CCC1. The highest BCUT2D eigenvalue weighted by Gasteiger charge is 2.26. The number of hydrogen-bond acceptors (Lipinski definition) is 2. The first-order chi connectivity index (χ1) is 17.2. The lowest BCUT2D eigenvalue weighted by Gasteiger charge is -2.39. The lowest BCUT2D eigenvalue weighted by molar-refractivity contribution is 0.0968. The number of benzene rings is 3. The standard InChI is InChI=1S/C32H33FN2/c1-23-7-4-10-28(20-34)31(23)30-12-5-9-26-8-2-3-11-29(26)32(30)27-15-13-24(14-16-27)19-25-21-35(22-25)18-6-17-33/h2-4,7-8,10-11,13-16,25H,5-6,9,12,17-19,21-22H2,1H3. The van der Waals surface area contributed by atoms with Gasteiger partial charge in [0.15, 0.2) is 0 Å². The van der Waals surface area contributed by atoms with E-state index in [0.29, 0.717) is 12.3 Å². The smallest absolute Gasteiger partial charge is 0.0998 e. The molecule has 178 valence electrons. The number of fused-ring (bicyclic) bond motifs is 1. The lowest BCUT2D eigenvalue weighted by atomic mass is 9.84. The molecule has 3 aromatic carbocycles. The van der Waals surface area contributed by atoms with E-state index in [-0.39, 0.29) is 6.67 Å². The van der Waals surface area contributed by atoms with E-state index < -0.39 is 0 Å². The monoisotopic (exact) mass is 464 g/mol. The normalized spacial score (nSPS) is 16.4. The Balaban J connectivity index is 1.51. The molecule has 0 bridgehead atoms. The molecule has 0 aromatic heterocycles. The molecule has 1 aliphatic carbocycles. The Kier molecular flexibility index (Phi) is 7.11. The average Bonchev–Trinajstić information content (AvgIpc) is 3.05. The van der Waals surface area contributed by atoms with E-state index in [1.807, 2.05) is 12.1 Å². The van der Waals surface area contributed by atoms with Gasteiger partial charge in [0.05, 0.1) is 18.3 Å². The molecule has 5 rings (SSSR count). The summed E-state index contributed by atoms with van der Waals surface area (Å²) >= 11 is 0. The fourth-order valence-corrected chi connectivity index (χ4v) is 5.88. The summed E-state index contributed by atoms with van der Waals surface area (Å²) in [4.78, 5) is 2.35. The molecule has 35 heavy (non-hydrogen) atoms. The van der Waals surface area contributed by atoms with Gasteiger partial charge in [0.2, 0.25) is 0 Å². The molecule has 0 spiro atoms. The van der Waals surface area contributed by atoms with Crippen LogP contribution in [0.2, 0.25) is 0 Å². The molecule has 3 aromatic rings. The first kappa shape index (κ1) is 23.5. The van der Waals surface area contributed by atoms with Crippen molar-refractivity contribution in [2.75, 3.05) is 26.3 Å². The fraction of sp³-hybridized carbons (Fsp3) is 0.344. The van der Waals surface area contributed by atoms with Crippen molar-refractivity contribution < 1.29 is 4.39 Å². The van der Waals surface area contributed by atoms with Crippen LogP contribution >= 0.6 is 0 Å². The van der Waals surface area contributed by atoms with E-state index in [0.717, 1.165) is 62.0 Å². The summed E-state index contributed by atoms with van der Waals surface area (Å²) in [5.74, 6) is 0.666. The van der Waals surface area contributed by atoms with Crippen molar-refractivity contribution in [2.24, 2.45) is 5.92 Å². The maximum Gasteiger partial charge on any atom is 0.0998 e. The van der Waals surface area contributed by atoms with Gasteiger partial charge in [0.25, 0.3) is 0 Å². The van der Waals surface area contributed by atoms with Crippen molar-refractivity contribution in [3.63, 3.8) is 0 Å². The summed E-state index contributed by atoms with van der Waals surface area (Å²) in [5.41, 5.74) is 10.9. The third-order valence-electron chi connectivity index (χ3n) is 7.56. The van der Waals surface area contributed by atoms with Crippen molar-refractivity contribution in [1.82, 2.24) is 4.90 Å². The number of rotatable bonds is 7. The molecule has 2 nitrogen and oxygen atoms in total. The van der Waals surface area contributed by atoms with Gasteiger partial charge in [-0.05, 0) is 95.5 Å².